The second-order valence-electron chi connectivity index (χ2n) is 4.29. The standard InChI is InChI=1S/C10H19N3O3S/c1-4-10(2,6-8-14)12-17(15,16)9-5-7-11-13(9)3/h5,7,12,14H,4,6,8H2,1-3H3. The molecule has 2 N–H and O–H groups in total. The smallest absolute Gasteiger partial charge is 0.258 e. The molecule has 0 bridgehead atoms. The van der Waals surface area contributed by atoms with Gasteiger partial charge in [0.15, 0.2) is 5.03 Å². The fourth-order valence-corrected chi connectivity index (χ4v) is 3.18. The molecule has 1 aromatic rings. The normalized spacial score (nSPS) is 15.8. The summed E-state index contributed by atoms with van der Waals surface area (Å²) in [7, 11) is -2.03. The first-order valence-electron chi connectivity index (χ1n) is 5.47. The number of nitrogens with zero attached hydrogens (tertiary/aromatic N) is 2. The molecule has 0 aromatic carbocycles. The van der Waals surface area contributed by atoms with E-state index in [0.29, 0.717) is 12.8 Å². The van der Waals surface area contributed by atoms with Crippen LogP contribution < -0.4 is 4.72 Å². The summed E-state index contributed by atoms with van der Waals surface area (Å²) in [6.45, 7) is 3.59. The van der Waals surface area contributed by atoms with Gasteiger partial charge in [-0.3, -0.25) is 4.68 Å². The third-order valence-electron chi connectivity index (χ3n) is 2.88. The molecule has 0 amide bonds. The van der Waals surface area contributed by atoms with E-state index in [9.17, 15) is 8.42 Å². The van der Waals surface area contributed by atoms with Gasteiger partial charge in [-0.1, -0.05) is 6.92 Å². The molecular formula is C10H19N3O3S. The first-order chi connectivity index (χ1) is 7.84. The zero-order chi connectivity index (χ0) is 13.1. The molecule has 1 heterocycles. The Morgan fingerprint density at radius 2 is 2.24 bits per heavy atom. The highest BCUT2D eigenvalue weighted by Gasteiger charge is 2.29. The Morgan fingerprint density at radius 1 is 1.59 bits per heavy atom. The van der Waals surface area contributed by atoms with E-state index in [0.717, 1.165) is 0 Å². The maximum atomic E-state index is 12.1. The molecule has 1 rings (SSSR count). The van der Waals surface area contributed by atoms with Crippen molar-refractivity contribution in [1.29, 1.82) is 0 Å². The second kappa shape index (κ2) is 5.16. The molecule has 0 fully saturated rings. The summed E-state index contributed by atoms with van der Waals surface area (Å²) < 4.78 is 28.1. The zero-order valence-corrected chi connectivity index (χ0v) is 11.2. The van der Waals surface area contributed by atoms with Crippen molar-refractivity contribution in [2.75, 3.05) is 6.61 Å². The average Bonchev–Trinajstić information content (AvgIpc) is 2.65. The van der Waals surface area contributed by atoms with Crippen LogP contribution in [0.5, 0.6) is 0 Å². The Hall–Kier alpha value is -0.920. The number of hydrogen-bond acceptors (Lipinski definition) is 4. The van der Waals surface area contributed by atoms with Gasteiger partial charge in [0.25, 0.3) is 10.0 Å². The second-order valence-corrected chi connectivity index (χ2v) is 5.92. The molecule has 0 spiro atoms. The molecule has 1 atom stereocenters. The predicted molar refractivity (Wildman–Crippen MR) is 63.9 cm³/mol. The average molecular weight is 261 g/mol. The minimum absolute atomic E-state index is 0.0573. The van der Waals surface area contributed by atoms with Crippen molar-refractivity contribution in [2.45, 2.75) is 37.3 Å². The van der Waals surface area contributed by atoms with Gasteiger partial charge >= 0.3 is 0 Å². The van der Waals surface area contributed by atoms with E-state index in [1.807, 2.05) is 6.92 Å². The maximum absolute atomic E-state index is 12.1. The Bertz CT molecular complexity index is 469. The maximum Gasteiger partial charge on any atom is 0.258 e. The fraction of sp³-hybridized carbons (Fsp3) is 0.700. The third-order valence-corrected chi connectivity index (χ3v) is 4.59. The Labute approximate surface area is 102 Å². The molecular weight excluding hydrogens is 242 g/mol. The molecule has 1 aromatic heterocycles. The highest BCUT2D eigenvalue weighted by molar-refractivity contribution is 7.89. The number of hydrogen-bond donors (Lipinski definition) is 2. The van der Waals surface area contributed by atoms with Crippen LogP contribution >= 0.6 is 0 Å². The number of aliphatic hydroxyl groups excluding tert-OH is 1. The quantitative estimate of drug-likeness (QED) is 0.769. The summed E-state index contributed by atoms with van der Waals surface area (Å²) in [6, 6.07) is 1.44. The van der Waals surface area contributed by atoms with Crippen LogP contribution in [0.4, 0.5) is 0 Å². The highest BCUT2D eigenvalue weighted by atomic mass is 32.2. The van der Waals surface area contributed by atoms with Crippen molar-refractivity contribution in [3.8, 4) is 0 Å². The van der Waals surface area contributed by atoms with E-state index in [2.05, 4.69) is 9.82 Å². The highest BCUT2D eigenvalue weighted by Crippen LogP contribution is 2.18. The summed E-state index contributed by atoms with van der Waals surface area (Å²) in [5, 5.41) is 12.9. The minimum Gasteiger partial charge on any atom is -0.396 e. The van der Waals surface area contributed by atoms with Crippen LogP contribution in [0.3, 0.4) is 0 Å². The van der Waals surface area contributed by atoms with Gasteiger partial charge in [-0.15, -0.1) is 0 Å². The van der Waals surface area contributed by atoms with E-state index < -0.39 is 15.6 Å². The van der Waals surface area contributed by atoms with Crippen molar-refractivity contribution in [3.63, 3.8) is 0 Å². The molecule has 1 unspecified atom stereocenters. The van der Waals surface area contributed by atoms with Crippen molar-refractivity contribution < 1.29 is 13.5 Å². The lowest BCUT2D eigenvalue weighted by molar-refractivity contribution is 0.233. The molecule has 0 aliphatic rings. The lowest BCUT2D eigenvalue weighted by Gasteiger charge is -2.28. The largest absolute Gasteiger partial charge is 0.396 e. The van der Waals surface area contributed by atoms with E-state index in [-0.39, 0.29) is 11.6 Å². The summed E-state index contributed by atoms with van der Waals surface area (Å²) >= 11 is 0. The first kappa shape index (κ1) is 14.1. The number of sulfonamides is 1. The summed E-state index contributed by atoms with van der Waals surface area (Å²) in [4.78, 5) is 0. The molecule has 6 nitrogen and oxygen atoms in total. The summed E-state index contributed by atoms with van der Waals surface area (Å²) in [6.07, 6.45) is 2.41. The van der Waals surface area contributed by atoms with Crippen molar-refractivity contribution in [1.82, 2.24) is 14.5 Å². The van der Waals surface area contributed by atoms with Gasteiger partial charge in [-0.2, -0.15) is 5.10 Å². The topological polar surface area (TPSA) is 84.2 Å². The predicted octanol–water partition coefficient (Wildman–Crippen LogP) is 0.250. The lowest BCUT2D eigenvalue weighted by atomic mass is 9.97. The lowest BCUT2D eigenvalue weighted by Crippen LogP contribution is -2.46. The molecule has 0 saturated carbocycles. The number of nitrogens with one attached hydrogen (secondary N) is 1. The van der Waals surface area contributed by atoms with Crippen LogP contribution in [-0.4, -0.2) is 35.5 Å². The Balaban J connectivity index is 2.98. The van der Waals surface area contributed by atoms with Gasteiger partial charge in [0, 0.05) is 19.2 Å². The molecule has 0 saturated heterocycles. The molecule has 7 heteroatoms. The molecule has 17 heavy (non-hydrogen) atoms. The van der Waals surface area contributed by atoms with Crippen molar-refractivity contribution >= 4 is 10.0 Å². The van der Waals surface area contributed by atoms with Crippen LogP contribution in [0.15, 0.2) is 17.3 Å². The van der Waals surface area contributed by atoms with E-state index in [1.54, 1.807) is 14.0 Å². The summed E-state index contributed by atoms with van der Waals surface area (Å²) in [5.41, 5.74) is -0.641. The van der Waals surface area contributed by atoms with Crippen LogP contribution in [0, 0.1) is 0 Å². The van der Waals surface area contributed by atoms with Gasteiger partial charge in [0.2, 0.25) is 0 Å². The first-order valence-corrected chi connectivity index (χ1v) is 6.96. The van der Waals surface area contributed by atoms with Gasteiger partial charge in [0.1, 0.15) is 0 Å². The SMILES string of the molecule is CCC(C)(CCO)NS(=O)(=O)c1ccnn1C. The fourth-order valence-electron chi connectivity index (χ4n) is 1.55. The Morgan fingerprint density at radius 3 is 2.65 bits per heavy atom. The molecule has 0 aliphatic heterocycles. The number of aliphatic hydroxyl groups is 1. The third kappa shape index (κ3) is 3.27. The number of aryl methyl sites for hydroxylation is 1. The van der Waals surface area contributed by atoms with Gasteiger partial charge in [-0.05, 0) is 25.8 Å². The minimum atomic E-state index is -3.60. The molecule has 0 aliphatic carbocycles. The monoisotopic (exact) mass is 261 g/mol. The van der Waals surface area contributed by atoms with Crippen LogP contribution in [-0.2, 0) is 17.1 Å². The Kier molecular flexibility index (Phi) is 4.29. The van der Waals surface area contributed by atoms with Crippen LogP contribution in [0.1, 0.15) is 26.7 Å². The van der Waals surface area contributed by atoms with Gasteiger partial charge in [-0.25, -0.2) is 13.1 Å². The molecule has 0 radical (unpaired) electrons. The summed E-state index contributed by atoms with van der Waals surface area (Å²) in [5.74, 6) is 0. The molecule has 98 valence electrons. The van der Waals surface area contributed by atoms with Crippen molar-refractivity contribution in [3.05, 3.63) is 12.3 Å². The van der Waals surface area contributed by atoms with Crippen LogP contribution in [0.25, 0.3) is 0 Å². The van der Waals surface area contributed by atoms with Gasteiger partial charge < -0.3 is 5.11 Å². The number of aromatic nitrogens is 2. The van der Waals surface area contributed by atoms with Gasteiger partial charge in [0.05, 0.1) is 6.20 Å². The van der Waals surface area contributed by atoms with Crippen LogP contribution in [0.2, 0.25) is 0 Å². The van der Waals surface area contributed by atoms with E-state index >= 15 is 0 Å². The van der Waals surface area contributed by atoms with E-state index in [4.69, 9.17) is 5.11 Å². The zero-order valence-electron chi connectivity index (χ0n) is 10.3. The van der Waals surface area contributed by atoms with E-state index in [1.165, 1.54) is 16.9 Å². The van der Waals surface area contributed by atoms with Crippen molar-refractivity contribution in [2.24, 2.45) is 7.05 Å². The number of rotatable bonds is 6.